The normalized spacial score (nSPS) is 18.3. The second kappa shape index (κ2) is 7.69. The van der Waals surface area contributed by atoms with Crippen molar-refractivity contribution < 1.29 is 22.7 Å². The lowest BCUT2D eigenvalue weighted by molar-refractivity contribution is -0.274. The van der Waals surface area contributed by atoms with E-state index in [1.165, 1.54) is 18.2 Å². The molecule has 1 saturated heterocycles. The number of halogens is 4. The van der Waals surface area contributed by atoms with Gasteiger partial charge in [-0.1, -0.05) is 6.07 Å². The number of nitrogens with zero attached hydrogens (tertiary/aromatic N) is 1. The minimum Gasteiger partial charge on any atom is -0.406 e. The maximum Gasteiger partial charge on any atom is 0.573 e. The quantitative estimate of drug-likeness (QED) is 0.921. The standard InChI is InChI=1S/C14H17F3N2O2.ClH/c1-19(11-5-3-7-18-9-11)13(20)10-4-2-6-12(8-10)21-14(15,16)17;/h2,4,6,8,11,18H,3,5,7,9H2,1H3;1H. The van der Waals surface area contributed by atoms with Gasteiger partial charge in [0.25, 0.3) is 5.91 Å². The second-order valence-electron chi connectivity index (χ2n) is 4.99. The Kier molecular flexibility index (Phi) is 6.49. The third-order valence-electron chi connectivity index (χ3n) is 3.45. The van der Waals surface area contributed by atoms with Crippen molar-refractivity contribution in [2.45, 2.75) is 25.2 Å². The minimum atomic E-state index is -4.76. The first-order valence-corrected chi connectivity index (χ1v) is 6.70. The average molecular weight is 339 g/mol. The van der Waals surface area contributed by atoms with Gasteiger partial charge in [-0.05, 0) is 37.6 Å². The summed E-state index contributed by atoms with van der Waals surface area (Å²) in [6.45, 7) is 1.62. The lowest BCUT2D eigenvalue weighted by Crippen LogP contribution is -2.46. The monoisotopic (exact) mass is 338 g/mol. The molecule has 22 heavy (non-hydrogen) atoms. The topological polar surface area (TPSA) is 41.6 Å². The van der Waals surface area contributed by atoms with Gasteiger partial charge in [0.15, 0.2) is 0 Å². The van der Waals surface area contributed by atoms with E-state index >= 15 is 0 Å². The highest BCUT2D eigenvalue weighted by molar-refractivity contribution is 5.94. The Bertz CT molecular complexity index is 505. The molecular formula is C14H18ClF3N2O2. The summed E-state index contributed by atoms with van der Waals surface area (Å²) < 4.78 is 40.4. The first kappa shape index (κ1) is 18.6. The Labute approximate surface area is 133 Å². The second-order valence-corrected chi connectivity index (χ2v) is 4.99. The SMILES string of the molecule is CN(C(=O)c1cccc(OC(F)(F)F)c1)C1CCCNC1.Cl. The summed E-state index contributed by atoms with van der Waals surface area (Å²) in [6.07, 6.45) is -2.91. The van der Waals surface area contributed by atoms with Crippen molar-refractivity contribution in [1.29, 1.82) is 0 Å². The number of hydrogen-bond acceptors (Lipinski definition) is 3. The summed E-state index contributed by atoms with van der Waals surface area (Å²) >= 11 is 0. The minimum absolute atomic E-state index is 0. The molecule has 124 valence electrons. The molecule has 1 aliphatic rings. The van der Waals surface area contributed by atoms with Crippen molar-refractivity contribution in [2.75, 3.05) is 20.1 Å². The summed E-state index contributed by atoms with van der Waals surface area (Å²) in [6, 6.07) is 5.20. The third kappa shape index (κ3) is 5.06. The molecule has 1 unspecified atom stereocenters. The van der Waals surface area contributed by atoms with Crippen LogP contribution in [0.15, 0.2) is 24.3 Å². The number of likely N-dealkylation sites (N-methyl/N-ethyl adjacent to an activating group) is 1. The molecule has 0 bridgehead atoms. The van der Waals surface area contributed by atoms with E-state index in [4.69, 9.17) is 0 Å². The Morgan fingerprint density at radius 3 is 2.73 bits per heavy atom. The van der Waals surface area contributed by atoms with E-state index in [0.717, 1.165) is 25.5 Å². The van der Waals surface area contributed by atoms with Crippen LogP contribution in [0, 0.1) is 0 Å². The van der Waals surface area contributed by atoms with E-state index in [2.05, 4.69) is 10.1 Å². The van der Waals surface area contributed by atoms with Crippen LogP contribution in [-0.2, 0) is 0 Å². The zero-order valence-corrected chi connectivity index (χ0v) is 12.8. The van der Waals surface area contributed by atoms with E-state index in [9.17, 15) is 18.0 Å². The van der Waals surface area contributed by atoms with Crippen molar-refractivity contribution >= 4 is 18.3 Å². The van der Waals surface area contributed by atoms with Gasteiger partial charge >= 0.3 is 6.36 Å². The number of amides is 1. The van der Waals surface area contributed by atoms with Crippen molar-refractivity contribution in [3.8, 4) is 5.75 Å². The molecule has 1 N–H and O–H groups in total. The van der Waals surface area contributed by atoms with Gasteiger partial charge in [0, 0.05) is 25.2 Å². The number of nitrogens with one attached hydrogen (secondary N) is 1. The van der Waals surface area contributed by atoms with E-state index in [0.29, 0.717) is 6.54 Å². The summed E-state index contributed by atoms with van der Waals surface area (Å²) in [5.74, 6) is -0.695. The highest BCUT2D eigenvalue weighted by atomic mass is 35.5. The van der Waals surface area contributed by atoms with Gasteiger partial charge in [0.2, 0.25) is 0 Å². The molecule has 0 saturated carbocycles. The summed E-state index contributed by atoms with van der Waals surface area (Å²) in [4.78, 5) is 13.9. The maximum atomic E-state index is 12.3. The van der Waals surface area contributed by atoms with E-state index < -0.39 is 6.36 Å². The van der Waals surface area contributed by atoms with Gasteiger partial charge in [0.1, 0.15) is 5.75 Å². The molecule has 0 radical (unpaired) electrons. The number of rotatable bonds is 3. The maximum absolute atomic E-state index is 12.3. The van der Waals surface area contributed by atoms with Crippen molar-refractivity contribution in [2.24, 2.45) is 0 Å². The molecule has 0 spiro atoms. The smallest absolute Gasteiger partial charge is 0.406 e. The Hall–Kier alpha value is -1.47. The molecule has 1 amide bonds. The molecule has 1 aliphatic heterocycles. The van der Waals surface area contributed by atoms with Crippen LogP contribution in [0.1, 0.15) is 23.2 Å². The predicted octanol–water partition coefficient (Wildman–Crippen LogP) is 2.83. The van der Waals surface area contributed by atoms with Crippen LogP contribution in [0.25, 0.3) is 0 Å². The van der Waals surface area contributed by atoms with E-state index in [1.54, 1.807) is 11.9 Å². The first-order chi connectivity index (χ1) is 9.87. The summed E-state index contributed by atoms with van der Waals surface area (Å²) in [7, 11) is 1.66. The fourth-order valence-corrected chi connectivity index (χ4v) is 2.36. The van der Waals surface area contributed by atoms with Crippen LogP contribution < -0.4 is 10.1 Å². The molecule has 0 aromatic heterocycles. The van der Waals surface area contributed by atoms with Crippen LogP contribution in [0.5, 0.6) is 5.75 Å². The lowest BCUT2D eigenvalue weighted by Gasteiger charge is -2.31. The lowest BCUT2D eigenvalue weighted by atomic mass is 10.1. The van der Waals surface area contributed by atoms with Crippen LogP contribution in [0.4, 0.5) is 13.2 Å². The van der Waals surface area contributed by atoms with Crippen molar-refractivity contribution in [1.82, 2.24) is 10.2 Å². The number of carbonyl (C=O) groups excluding carboxylic acids is 1. The zero-order chi connectivity index (χ0) is 15.5. The molecule has 8 heteroatoms. The van der Waals surface area contributed by atoms with Gasteiger partial charge in [0.05, 0.1) is 0 Å². The molecular weight excluding hydrogens is 321 g/mol. The average Bonchev–Trinajstić information content (AvgIpc) is 2.45. The first-order valence-electron chi connectivity index (χ1n) is 6.70. The molecule has 1 fully saturated rings. The molecule has 1 aromatic carbocycles. The Morgan fingerprint density at radius 1 is 1.41 bits per heavy atom. The van der Waals surface area contributed by atoms with Crippen molar-refractivity contribution in [3.05, 3.63) is 29.8 Å². The fraction of sp³-hybridized carbons (Fsp3) is 0.500. The van der Waals surface area contributed by atoms with Crippen molar-refractivity contribution in [3.63, 3.8) is 0 Å². The fourth-order valence-electron chi connectivity index (χ4n) is 2.36. The highest BCUT2D eigenvalue weighted by Crippen LogP contribution is 2.24. The molecule has 2 rings (SSSR count). The number of piperidine rings is 1. The van der Waals surface area contributed by atoms with E-state index in [-0.39, 0.29) is 35.7 Å². The number of hydrogen-bond donors (Lipinski definition) is 1. The van der Waals surface area contributed by atoms with Gasteiger partial charge in [-0.25, -0.2) is 0 Å². The third-order valence-corrected chi connectivity index (χ3v) is 3.45. The molecule has 1 aromatic rings. The predicted molar refractivity (Wildman–Crippen MR) is 78.4 cm³/mol. The molecule has 4 nitrogen and oxygen atoms in total. The van der Waals surface area contributed by atoms with E-state index in [1.807, 2.05) is 0 Å². The van der Waals surface area contributed by atoms with Gasteiger partial charge in [-0.15, -0.1) is 25.6 Å². The number of carbonyl (C=O) groups is 1. The van der Waals surface area contributed by atoms with Gasteiger partial charge in [-0.3, -0.25) is 4.79 Å². The molecule has 1 atom stereocenters. The Balaban J connectivity index is 0.00000242. The highest BCUT2D eigenvalue weighted by Gasteiger charge is 2.31. The summed E-state index contributed by atoms with van der Waals surface area (Å²) in [5, 5.41) is 3.20. The number of ether oxygens (including phenoxy) is 1. The summed E-state index contributed by atoms with van der Waals surface area (Å²) in [5.41, 5.74) is 0.185. The van der Waals surface area contributed by atoms with Crippen LogP contribution in [-0.4, -0.2) is 43.3 Å². The van der Waals surface area contributed by atoms with Gasteiger partial charge in [-0.2, -0.15) is 0 Å². The Morgan fingerprint density at radius 2 is 2.14 bits per heavy atom. The van der Waals surface area contributed by atoms with Crippen LogP contribution in [0.2, 0.25) is 0 Å². The molecule has 0 aliphatic carbocycles. The number of benzene rings is 1. The van der Waals surface area contributed by atoms with Crippen LogP contribution in [0.3, 0.4) is 0 Å². The largest absolute Gasteiger partial charge is 0.573 e. The molecule has 1 heterocycles. The zero-order valence-electron chi connectivity index (χ0n) is 12.0. The van der Waals surface area contributed by atoms with Crippen LogP contribution >= 0.6 is 12.4 Å². The van der Waals surface area contributed by atoms with Gasteiger partial charge < -0.3 is 15.0 Å². The number of alkyl halides is 3.